The van der Waals surface area contributed by atoms with Crippen molar-refractivity contribution in [2.24, 2.45) is 0 Å². The number of benzene rings is 1. The Morgan fingerprint density at radius 3 is 2.80 bits per heavy atom. The number of carboxylic acid groups (broad SMARTS) is 1. The third-order valence-electron chi connectivity index (χ3n) is 2.42. The quantitative estimate of drug-likeness (QED) is 0.886. The normalized spacial score (nSPS) is 9.80. The highest BCUT2D eigenvalue weighted by molar-refractivity contribution is 5.93. The lowest BCUT2D eigenvalue weighted by Gasteiger charge is -2.07. The molecule has 0 bridgehead atoms. The molecule has 0 saturated carbocycles. The summed E-state index contributed by atoms with van der Waals surface area (Å²) < 4.78 is 18.6. The van der Waals surface area contributed by atoms with Gasteiger partial charge in [-0.15, -0.1) is 0 Å². The Morgan fingerprint density at radius 2 is 2.20 bits per heavy atom. The number of pyridine rings is 1. The van der Waals surface area contributed by atoms with E-state index in [0.717, 1.165) is 18.3 Å². The van der Waals surface area contributed by atoms with Crippen LogP contribution in [0.15, 0.2) is 30.5 Å². The van der Waals surface area contributed by atoms with E-state index >= 15 is 0 Å². The van der Waals surface area contributed by atoms with Crippen LogP contribution in [0, 0.1) is 17.1 Å². The molecule has 0 fully saturated rings. The van der Waals surface area contributed by atoms with Crippen molar-refractivity contribution in [2.75, 3.05) is 5.73 Å². The van der Waals surface area contributed by atoms with Gasteiger partial charge < -0.3 is 15.6 Å². The third-order valence-corrected chi connectivity index (χ3v) is 2.42. The number of carbonyl (C=O) groups is 1. The molecule has 0 spiro atoms. The van der Waals surface area contributed by atoms with E-state index in [1.807, 2.05) is 0 Å². The number of anilines is 1. The number of nitriles is 1. The Bertz CT molecular complexity index is 725. The van der Waals surface area contributed by atoms with Gasteiger partial charge in [-0.2, -0.15) is 5.26 Å². The van der Waals surface area contributed by atoms with Gasteiger partial charge in [-0.25, -0.2) is 14.2 Å². The number of halogens is 1. The molecule has 2 aromatic rings. The lowest BCUT2D eigenvalue weighted by Crippen LogP contribution is -2.03. The van der Waals surface area contributed by atoms with Gasteiger partial charge in [-0.3, -0.25) is 0 Å². The van der Waals surface area contributed by atoms with Crippen LogP contribution in [-0.2, 0) is 0 Å². The molecular weight excluding hydrogens is 265 g/mol. The van der Waals surface area contributed by atoms with Crippen molar-refractivity contribution >= 4 is 11.7 Å². The Labute approximate surface area is 112 Å². The Morgan fingerprint density at radius 1 is 1.45 bits per heavy atom. The minimum atomic E-state index is -1.22. The predicted octanol–water partition coefficient (Wildman–Crippen LogP) is 2.17. The van der Waals surface area contributed by atoms with E-state index < -0.39 is 11.8 Å². The Kier molecular flexibility index (Phi) is 3.48. The van der Waals surface area contributed by atoms with Gasteiger partial charge in [-0.1, -0.05) is 0 Å². The molecule has 1 aromatic heterocycles. The maximum atomic E-state index is 13.4. The van der Waals surface area contributed by atoms with Crippen molar-refractivity contribution in [1.29, 1.82) is 5.26 Å². The standard InChI is InChI=1S/C13H8FN3O3/c14-10-3-8(2-1-7(10)5-15)20-12-4-9(13(18)19)11(16)6-17-12/h1-4,6H,16H2,(H,18,19). The lowest BCUT2D eigenvalue weighted by molar-refractivity contribution is 0.0697. The summed E-state index contributed by atoms with van der Waals surface area (Å²) in [6, 6.07) is 6.45. The highest BCUT2D eigenvalue weighted by atomic mass is 19.1. The van der Waals surface area contributed by atoms with Crippen molar-refractivity contribution in [3.63, 3.8) is 0 Å². The van der Waals surface area contributed by atoms with E-state index in [-0.39, 0.29) is 28.4 Å². The highest BCUT2D eigenvalue weighted by Gasteiger charge is 2.11. The molecule has 0 atom stereocenters. The van der Waals surface area contributed by atoms with Crippen molar-refractivity contribution < 1.29 is 19.0 Å². The first-order valence-electron chi connectivity index (χ1n) is 5.37. The average molecular weight is 273 g/mol. The maximum absolute atomic E-state index is 13.4. The molecule has 0 amide bonds. The zero-order valence-electron chi connectivity index (χ0n) is 10.0. The minimum absolute atomic E-state index is 0.00383. The second-order valence-electron chi connectivity index (χ2n) is 3.77. The molecule has 2 rings (SSSR count). The zero-order chi connectivity index (χ0) is 14.7. The first-order chi connectivity index (χ1) is 9.51. The van der Waals surface area contributed by atoms with Gasteiger partial charge in [0, 0.05) is 12.1 Å². The molecule has 0 unspecified atom stereocenters. The third kappa shape index (κ3) is 2.64. The minimum Gasteiger partial charge on any atom is -0.478 e. The Balaban J connectivity index is 2.31. The van der Waals surface area contributed by atoms with E-state index in [0.29, 0.717) is 0 Å². The van der Waals surface area contributed by atoms with Gasteiger partial charge in [0.05, 0.1) is 23.0 Å². The number of hydrogen-bond donors (Lipinski definition) is 2. The summed E-state index contributed by atoms with van der Waals surface area (Å²) in [7, 11) is 0. The van der Waals surface area contributed by atoms with Gasteiger partial charge in [0.1, 0.15) is 17.6 Å². The van der Waals surface area contributed by atoms with Crippen molar-refractivity contribution in [2.45, 2.75) is 0 Å². The highest BCUT2D eigenvalue weighted by Crippen LogP contribution is 2.24. The van der Waals surface area contributed by atoms with Crippen LogP contribution in [0.25, 0.3) is 0 Å². The number of hydrogen-bond acceptors (Lipinski definition) is 5. The molecular formula is C13H8FN3O3. The summed E-state index contributed by atoms with van der Waals surface area (Å²) in [5.74, 6) is -1.91. The van der Waals surface area contributed by atoms with Crippen molar-refractivity contribution in [1.82, 2.24) is 4.98 Å². The molecule has 0 saturated heterocycles. The fraction of sp³-hybridized carbons (Fsp3) is 0. The molecule has 7 heteroatoms. The van der Waals surface area contributed by atoms with Crippen LogP contribution < -0.4 is 10.5 Å². The molecule has 1 aromatic carbocycles. The summed E-state index contributed by atoms with van der Waals surface area (Å²) in [5, 5.41) is 17.5. The van der Waals surface area contributed by atoms with Crippen LogP contribution in [0.4, 0.5) is 10.1 Å². The molecule has 0 aliphatic carbocycles. The van der Waals surface area contributed by atoms with Gasteiger partial charge >= 0.3 is 5.97 Å². The predicted molar refractivity (Wildman–Crippen MR) is 66.8 cm³/mol. The molecule has 0 aliphatic rings. The van der Waals surface area contributed by atoms with E-state index in [1.165, 1.54) is 12.1 Å². The maximum Gasteiger partial charge on any atom is 0.338 e. The SMILES string of the molecule is N#Cc1ccc(Oc2cc(C(=O)O)c(N)cn2)cc1F. The van der Waals surface area contributed by atoms with Crippen molar-refractivity contribution in [3.05, 3.63) is 47.4 Å². The number of rotatable bonds is 3. The monoisotopic (exact) mass is 273 g/mol. The number of nitrogens with two attached hydrogens (primary N) is 1. The van der Waals surface area contributed by atoms with E-state index in [2.05, 4.69) is 4.98 Å². The number of carboxylic acids is 1. The van der Waals surface area contributed by atoms with Crippen LogP contribution in [-0.4, -0.2) is 16.1 Å². The Hall–Kier alpha value is -3.14. The molecule has 0 radical (unpaired) electrons. The fourth-order valence-electron chi connectivity index (χ4n) is 1.46. The largest absolute Gasteiger partial charge is 0.478 e. The summed E-state index contributed by atoms with van der Waals surface area (Å²) in [4.78, 5) is 14.7. The lowest BCUT2D eigenvalue weighted by atomic mass is 10.2. The first kappa shape index (κ1) is 13.3. The number of aromatic nitrogens is 1. The molecule has 20 heavy (non-hydrogen) atoms. The zero-order valence-corrected chi connectivity index (χ0v) is 10.0. The number of nitrogen functional groups attached to an aromatic ring is 1. The molecule has 100 valence electrons. The number of aromatic carboxylic acids is 1. The van der Waals surface area contributed by atoms with Crippen LogP contribution in [0.2, 0.25) is 0 Å². The van der Waals surface area contributed by atoms with Gasteiger partial charge in [0.25, 0.3) is 0 Å². The first-order valence-corrected chi connectivity index (χ1v) is 5.37. The molecule has 1 heterocycles. The second kappa shape index (κ2) is 5.24. The topological polar surface area (TPSA) is 109 Å². The average Bonchev–Trinajstić information content (AvgIpc) is 2.41. The van der Waals surface area contributed by atoms with Crippen LogP contribution >= 0.6 is 0 Å². The summed E-state index contributed by atoms with van der Waals surface area (Å²) in [5.41, 5.74) is 5.17. The van der Waals surface area contributed by atoms with E-state index in [1.54, 1.807) is 6.07 Å². The van der Waals surface area contributed by atoms with Crippen LogP contribution in [0.1, 0.15) is 15.9 Å². The fourth-order valence-corrected chi connectivity index (χ4v) is 1.46. The molecule has 3 N–H and O–H groups in total. The van der Waals surface area contributed by atoms with Gasteiger partial charge in [-0.05, 0) is 12.1 Å². The van der Waals surface area contributed by atoms with Crippen molar-refractivity contribution in [3.8, 4) is 17.7 Å². The van der Waals surface area contributed by atoms with Crippen LogP contribution in [0.3, 0.4) is 0 Å². The van der Waals surface area contributed by atoms with Gasteiger partial charge in [0.15, 0.2) is 0 Å². The summed E-state index contributed by atoms with van der Waals surface area (Å²) in [6.45, 7) is 0. The van der Waals surface area contributed by atoms with Crippen LogP contribution in [0.5, 0.6) is 11.6 Å². The van der Waals surface area contributed by atoms with E-state index in [4.69, 9.17) is 20.8 Å². The smallest absolute Gasteiger partial charge is 0.338 e. The molecule has 0 aliphatic heterocycles. The number of ether oxygens (including phenoxy) is 1. The number of nitrogens with zero attached hydrogens (tertiary/aromatic N) is 2. The second-order valence-corrected chi connectivity index (χ2v) is 3.77. The summed E-state index contributed by atoms with van der Waals surface area (Å²) in [6.07, 6.45) is 1.14. The summed E-state index contributed by atoms with van der Waals surface area (Å²) >= 11 is 0. The van der Waals surface area contributed by atoms with Gasteiger partial charge in [0.2, 0.25) is 5.88 Å². The van der Waals surface area contributed by atoms with E-state index in [9.17, 15) is 9.18 Å². The molecule has 6 nitrogen and oxygen atoms in total.